The van der Waals surface area contributed by atoms with Gasteiger partial charge in [0.25, 0.3) is 5.69 Å². The number of halogens is 1. The summed E-state index contributed by atoms with van der Waals surface area (Å²) in [5.41, 5.74) is 2.34. The molecule has 0 aliphatic rings. The molecule has 5 rings (SSSR count). The summed E-state index contributed by atoms with van der Waals surface area (Å²) in [4.78, 5) is 29.3. The van der Waals surface area contributed by atoms with Crippen molar-refractivity contribution in [1.29, 1.82) is 0 Å². The number of amides is 1. The van der Waals surface area contributed by atoms with Crippen molar-refractivity contribution in [3.05, 3.63) is 93.1 Å². The Hall–Kier alpha value is -4.28. The van der Waals surface area contributed by atoms with E-state index in [4.69, 9.17) is 16.3 Å². The molecular formula is C25H18ClN5O4S. The zero-order chi connectivity index (χ0) is 25.2. The van der Waals surface area contributed by atoms with Gasteiger partial charge in [-0.3, -0.25) is 14.9 Å². The van der Waals surface area contributed by atoms with Crippen LogP contribution in [0.3, 0.4) is 0 Å². The number of nitro benzene ring substituents is 1. The summed E-state index contributed by atoms with van der Waals surface area (Å²) < 4.78 is 7.26. The molecule has 0 bridgehead atoms. The number of anilines is 1. The largest absolute Gasteiger partial charge is 0.457 e. The lowest BCUT2D eigenvalue weighted by atomic mass is 10.1. The van der Waals surface area contributed by atoms with E-state index in [0.717, 1.165) is 21.5 Å². The maximum atomic E-state index is 12.9. The molecule has 1 N–H and O–H groups in total. The highest BCUT2D eigenvalue weighted by Gasteiger charge is 2.18. The number of hydrogen-bond donors (Lipinski definition) is 1. The monoisotopic (exact) mass is 519 g/mol. The normalized spacial score (nSPS) is 10.9. The summed E-state index contributed by atoms with van der Waals surface area (Å²) in [6.45, 7) is 1.75. The number of nitrogens with zero attached hydrogens (tertiary/aromatic N) is 4. The molecule has 180 valence electrons. The molecule has 9 nitrogen and oxygen atoms in total. The number of thiophene rings is 1. The summed E-state index contributed by atoms with van der Waals surface area (Å²) in [6.07, 6.45) is 1.69. The third-order valence-corrected chi connectivity index (χ3v) is 6.48. The maximum absolute atomic E-state index is 12.9. The molecule has 11 heteroatoms. The van der Waals surface area contributed by atoms with Crippen molar-refractivity contribution in [3.8, 4) is 21.9 Å². The van der Waals surface area contributed by atoms with Crippen LogP contribution in [0, 0.1) is 17.0 Å². The highest BCUT2D eigenvalue weighted by atomic mass is 35.5. The van der Waals surface area contributed by atoms with E-state index >= 15 is 0 Å². The van der Waals surface area contributed by atoms with E-state index in [0.29, 0.717) is 16.4 Å². The standard InChI is InChI=1S/C25H18ClN5O4S/c1-15-24-21(22-3-2-10-36-22)8-9-27-25(24)30(29-15)14-23(32)28-17-11-18(31(33)34)13-20(12-17)35-19-6-4-16(26)5-7-19/h2-13H,14H2,1H3,(H,28,32). The Morgan fingerprint density at radius 1 is 1.17 bits per heavy atom. The van der Waals surface area contributed by atoms with Crippen LogP contribution in [0.5, 0.6) is 11.5 Å². The average Bonchev–Trinajstić information content (AvgIpc) is 3.49. The van der Waals surface area contributed by atoms with Crippen LogP contribution in [0.25, 0.3) is 21.5 Å². The van der Waals surface area contributed by atoms with Gasteiger partial charge in [0.2, 0.25) is 5.91 Å². The molecule has 0 spiro atoms. The second-order valence-corrected chi connectivity index (χ2v) is 9.24. The van der Waals surface area contributed by atoms with Crippen LogP contribution in [0.4, 0.5) is 11.4 Å². The van der Waals surface area contributed by atoms with Crippen molar-refractivity contribution in [2.45, 2.75) is 13.5 Å². The lowest BCUT2D eigenvalue weighted by molar-refractivity contribution is -0.384. The fourth-order valence-corrected chi connectivity index (χ4v) is 4.71. The summed E-state index contributed by atoms with van der Waals surface area (Å²) in [6, 6.07) is 16.6. The molecule has 0 atom stereocenters. The van der Waals surface area contributed by atoms with Crippen molar-refractivity contribution < 1.29 is 14.5 Å². The number of hydrogen-bond acceptors (Lipinski definition) is 7. The van der Waals surface area contributed by atoms with Crippen LogP contribution in [-0.2, 0) is 11.3 Å². The van der Waals surface area contributed by atoms with Crippen LogP contribution in [0.1, 0.15) is 5.69 Å². The van der Waals surface area contributed by atoms with Gasteiger partial charge in [-0.15, -0.1) is 11.3 Å². The third kappa shape index (κ3) is 4.90. The fourth-order valence-electron chi connectivity index (χ4n) is 3.82. The third-order valence-electron chi connectivity index (χ3n) is 5.32. The Morgan fingerprint density at radius 2 is 1.97 bits per heavy atom. The number of nitro groups is 1. The van der Waals surface area contributed by atoms with Crippen LogP contribution in [0.2, 0.25) is 5.02 Å². The number of carbonyl (C=O) groups is 1. The van der Waals surface area contributed by atoms with Crippen molar-refractivity contribution in [2.24, 2.45) is 0 Å². The topological polar surface area (TPSA) is 112 Å². The van der Waals surface area contributed by atoms with E-state index in [1.54, 1.807) is 41.8 Å². The summed E-state index contributed by atoms with van der Waals surface area (Å²) >= 11 is 7.51. The molecule has 5 aromatic rings. The predicted molar refractivity (Wildman–Crippen MR) is 139 cm³/mol. The van der Waals surface area contributed by atoms with Gasteiger partial charge in [-0.05, 0) is 48.7 Å². The zero-order valence-corrected chi connectivity index (χ0v) is 20.4. The number of aromatic nitrogens is 3. The minimum absolute atomic E-state index is 0.124. The molecule has 2 aromatic carbocycles. The van der Waals surface area contributed by atoms with Crippen molar-refractivity contribution >= 4 is 51.3 Å². The number of pyridine rings is 1. The number of carbonyl (C=O) groups excluding carboxylic acids is 1. The average molecular weight is 520 g/mol. The van der Waals surface area contributed by atoms with E-state index < -0.39 is 10.8 Å². The minimum Gasteiger partial charge on any atom is -0.457 e. The van der Waals surface area contributed by atoms with Gasteiger partial charge in [-0.2, -0.15) is 5.10 Å². The number of non-ortho nitro benzene ring substituents is 1. The van der Waals surface area contributed by atoms with Crippen LogP contribution in [-0.4, -0.2) is 25.6 Å². The first-order valence-electron chi connectivity index (χ1n) is 10.8. The summed E-state index contributed by atoms with van der Waals surface area (Å²) in [5.74, 6) is 0.230. The number of nitrogens with one attached hydrogen (secondary N) is 1. The molecule has 0 saturated carbocycles. The van der Waals surface area contributed by atoms with E-state index in [9.17, 15) is 14.9 Å². The van der Waals surface area contributed by atoms with Crippen molar-refractivity contribution in [3.63, 3.8) is 0 Å². The first-order valence-corrected chi connectivity index (χ1v) is 12.0. The molecule has 0 unspecified atom stereocenters. The maximum Gasteiger partial charge on any atom is 0.275 e. The molecule has 0 radical (unpaired) electrons. The first kappa shape index (κ1) is 23.5. The molecule has 0 fully saturated rings. The van der Waals surface area contributed by atoms with Gasteiger partial charge in [-0.1, -0.05) is 17.7 Å². The minimum atomic E-state index is -0.551. The Kier molecular flexibility index (Phi) is 6.36. The Morgan fingerprint density at radius 3 is 2.69 bits per heavy atom. The summed E-state index contributed by atoms with van der Waals surface area (Å²) in [7, 11) is 0. The molecule has 0 aliphatic carbocycles. The molecule has 0 aliphatic heterocycles. The smallest absolute Gasteiger partial charge is 0.275 e. The number of benzene rings is 2. The van der Waals surface area contributed by atoms with E-state index in [1.165, 1.54) is 22.9 Å². The Bertz CT molecular complexity index is 1580. The van der Waals surface area contributed by atoms with Gasteiger partial charge < -0.3 is 10.1 Å². The SMILES string of the molecule is Cc1nn(CC(=O)Nc2cc(Oc3ccc(Cl)cc3)cc([N+](=O)[O-])c2)c2nccc(-c3cccs3)c12. The lowest BCUT2D eigenvalue weighted by Crippen LogP contribution is -2.20. The van der Waals surface area contributed by atoms with Crippen molar-refractivity contribution in [2.75, 3.05) is 5.32 Å². The first-order chi connectivity index (χ1) is 17.4. The van der Waals surface area contributed by atoms with E-state index in [-0.39, 0.29) is 23.7 Å². The Labute approximate surface area is 214 Å². The van der Waals surface area contributed by atoms with Gasteiger partial charge in [0.05, 0.1) is 27.8 Å². The Balaban J connectivity index is 1.40. The highest BCUT2D eigenvalue weighted by Crippen LogP contribution is 2.33. The van der Waals surface area contributed by atoms with Gasteiger partial charge in [0.1, 0.15) is 18.0 Å². The summed E-state index contributed by atoms with van der Waals surface area (Å²) in [5, 5.41) is 22.1. The van der Waals surface area contributed by atoms with Gasteiger partial charge in [0.15, 0.2) is 5.65 Å². The molecule has 1 amide bonds. The van der Waals surface area contributed by atoms with E-state index in [1.807, 2.05) is 30.5 Å². The second-order valence-electron chi connectivity index (χ2n) is 7.85. The quantitative estimate of drug-likeness (QED) is 0.195. The number of ether oxygens (including phenoxy) is 1. The predicted octanol–water partition coefficient (Wildman–Crippen LogP) is 6.46. The molecule has 0 saturated heterocycles. The highest BCUT2D eigenvalue weighted by molar-refractivity contribution is 7.13. The number of aryl methyl sites for hydroxylation is 1. The van der Waals surface area contributed by atoms with Gasteiger partial charge in [0, 0.05) is 33.8 Å². The molecule has 3 heterocycles. The zero-order valence-electron chi connectivity index (χ0n) is 18.8. The molecule has 3 aromatic heterocycles. The molecule has 36 heavy (non-hydrogen) atoms. The van der Waals surface area contributed by atoms with Crippen LogP contribution in [0.15, 0.2) is 72.2 Å². The van der Waals surface area contributed by atoms with Gasteiger partial charge in [-0.25, -0.2) is 9.67 Å². The van der Waals surface area contributed by atoms with Crippen LogP contribution >= 0.6 is 22.9 Å². The number of fused-ring (bicyclic) bond motifs is 1. The fraction of sp³-hybridized carbons (Fsp3) is 0.0800. The molecular weight excluding hydrogens is 502 g/mol. The second kappa shape index (κ2) is 9.76. The van der Waals surface area contributed by atoms with Crippen molar-refractivity contribution in [1.82, 2.24) is 14.8 Å². The van der Waals surface area contributed by atoms with E-state index in [2.05, 4.69) is 15.4 Å². The van der Waals surface area contributed by atoms with Crippen LogP contribution < -0.4 is 10.1 Å². The lowest BCUT2D eigenvalue weighted by Gasteiger charge is -2.10. The number of rotatable bonds is 7. The van der Waals surface area contributed by atoms with Gasteiger partial charge >= 0.3 is 0 Å².